The Morgan fingerprint density at radius 2 is 1.94 bits per heavy atom. The van der Waals surface area contributed by atoms with Gasteiger partial charge in [0.25, 0.3) is 5.89 Å². The number of nitrogens with zero attached hydrogens (tertiary/aromatic N) is 2. The molecular formula is C9H3BrF4N2O. The summed E-state index contributed by atoms with van der Waals surface area (Å²) in [5, 5.41) is 3.31. The van der Waals surface area contributed by atoms with E-state index < -0.39 is 23.1 Å². The predicted molar refractivity (Wildman–Crippen MR) is 52.4 cm³/mol. The van der Waals surface area contributed by atoms with Crippen LogP contribution in [0.2, 0.25) is 0 Å². The van der Waals surface area contributed by atoms with Gasteiger partial charge in [0.2, 0.25) is 4.73 Å². The Kier molecular flexibility index (Phi) is 2.90. The largest absolute Gasteiger partial charge is 0.419 e. The number of hydrogen-bond donors (Lipinski definition) is 0. The first-order valence-corrected chi connectivity index (χ1v) is 5.04. The van der Waals surface area contributed by atoms with Crippen LogP contribution in [0.4, 0.5) is 17.6 Å². The lowest BCUT2D eigenvalue weighted by Crippen LogP contribution is -2.08. The van der Waals surface area contributed by atoms with E-state index in [2.05, 4.69) is 30.6 Å². The lowest BCUT2D eigenvalue weighted by atomic mass is 10.1. The predicted octanol–water partition coefficient (Wildman–Crippen LogP) is 3.66. The highest BCUT2D eigenvalue weighted by Crippen LogP contribution is 2.35. The summed E-state index contributed by atoms with van der Waals surface area (Å²) in [5.41, 5.74) is -1.76. The first-order valence-electron chi connectivity index (χ1n) is 4.25. The highest BCUT2D eigenvalue weighted by atomic mass is 79.9. The van der Waals surface area contributed by atoms with Crippen molar-refractivity contribution in [2.24, 2.45) is 0 Å². The zero-order valence-corrected chi connectivity index (χ0v) is 9.51. The van der Waals surface area contributed by atoms with Gasteiger partial charge < -0.3 is 4.52 Å². The second-order valence-corrected chi connectivity index (χ2v) is 3.74. The molecule has 0 atom stereocenters. The number of benzene rings is 1. The Morgan fingerprint density at radius 1 is 1.24 bits per heavy atom. The second kappa shape index (κ2) is 4.10. The number of halogens is 5. The van der Waals surface area contributed by atoms with Crippen molar-refractivity contribution in [2.45, 2.75) is 6.18 Å². The molecular weight excluding hydrogens is 308 g/mol. The molecule has 0 fully saturated rings. The van der Waals surface area contributed by atoms with Gasteiger partial charge in [0.1, 0.15) is 5.82 Å². The molecule has 0 spiro atoms. The third-order valence-electron chi connectivity index (χ3n) is 1.94. The zero-order valence-electron chi connectivity index (χ0n) is 7.92. The average molecular weight is 311 g/mol. The minimum absolute atomic E-state index is 0.0318. The molecule has 0 aliphatic rings. The Morgan fingerprint density at radius 3 is 2.47 bits per heavy atom. The van der Waals surface area contributed by atoms with Crippen molar-refractivity contribution in [3.05, 3.63) is 34.3 Å². The monoisotopic (exact) mass is 310 g/mol. The van der Waals surface area contributed by atoms with Crippen LogP contribution in [0.15, 0.2) is 27.5 Å². The van der Waals surface area contributed by atoms with Crippen LogP contribution < -0.4 is 0 Å². The maximum atomic E-state index is 13.6. The Hall–Kier alpha value is -1.44. The number of hydrogen-bond acceptors (Lipinski definition) is 3. The molecule has 0 unspecified atom stereocenters. The Labute approximate surface area is 101 Å². The van der Waals surface area contributed by atoms with Gasteiger partial charge in [-0.25, -0.2) is 4.39 Å². The van der Waals surface area contributed by atoms with Gasteiger partial charge in [-0.15, -0.1) is 0 Å². The molecule has 1 aromatic carbocycles. The summed E-state index contributed by atoms with van der Waals surface area (Å²) in [6, 6.07) is 2.84. The molecule has 90 valence electrons. The minimum Gasteiger partial charge on any atom is -0.333 e. The third-order valence-corrected chi connectivity index (χ3v) is 2.26. The van der Waals surface area contributed by atoms with E-state index in [0.717, 1.165) is 12.1 Å². The molecule has 0 amide bonds. The first-order chi connectivity index (χ1) is 7.89. The van der Waals surface area contributed by atoms with Crippen molar-refractivity contribution in [2.75, 3.05) is 0 Å². The summed E-state index contributed by atoms with van der Waals surface area (Å²) >= 11 is 2.85. The van der Waals surface area contributed by atoms with Crippen molar-refractivity contribution in [1.29, 1.82) is 0 Å². The first kappa shape index (κ1) is 12.0. The van der Waals surface area contributed by atoms with E-state index in [9.17, 15) is 17.6 Å². The molecule has 0 aliphatic carbocycles. The van der Waals surface area contributed by atoms with E-state index in [-0.39, 0.29) is 10.6 Å². The van der Waals surface area contributed by atoms with Gasteiger partial charge in [-0.1, -0.05) is 6.07 Å². The molecule has 0 N–H and O–H groups in total. The van der Waals surface area contributed by atoms with E-state index in [1.54, 1.807) is 0 Å². The van der Waals surface area contributed by atoms with Crippen molar-refractivity contribution < 1.29 is 22.1 Å². The lowest BCUT2D eigenvalue weighted by molar-refractivity contribution is -0.139. The SMILES string of the molecule is Fc1c(-c2nc(Br)no2)cccc1C(F)(F)F. The van der Waals surface area contributed by atoms with Crippen LogP contribution >= 0.6 is 15.9 Å². The van der Waals surface area contributed by atoms with Gasteiger partial charge in [0.05, 0.1) is 11.1 Å². The summed E-state index contributed by atoms with van der Waals surface area (Å²) in [6.45, 7) is 0. The number of aromatic nitrogens is 2. The fourth-order valence-electron chi connectivity index (χ4n) is 1.23. The van der Waals surface area contributed by atoms with Crippen LogP contribution in [-0.4, -0.2) is 10.1 Å². The van der Waals surface area contributed by atoms with Gasteiger partial charge in [-0.3, -0.25) is 0 Å². The van der Waals surface area contributed by atoms with Crippen molar-refractivity contribution >= 4 is 15.9 Å². The molecule has 8 heteroatoms. The maximum absolute atomic E-state index is 13.6. The molecule has 0 bridgehead atoms. The van der Waals surface area contributed by atoms with Crippen LogP contribution in [0.3, 0.4) is 0 Å². The maximum Gasteiger partial charge on any atom is 0.419 e. The van der Waals surface area contributed by atoms with Crippen LogP contribution in [0, 0.1) is 5.82 Å². The highest BCUT2D eigenvalue weighted by molar-refractivity contribution is 9.10. The second-order valence-electron chi connectivity index (χ2n) is 3.03. The lowest BCUT2D eigenvalue weighted by Gasteiger charge is -2.08. The molecule has 2 aromatic rings. The van der Waals surface area contributed by atoms with Crippen molar-refractivity contribution in [3.8, 4) is 11.5 Å². The smallest absolute Gasteiger partial charge is 0.333 e. The summed E-state index contributed by atoms with van der Waals surface area (Å²) in [6.07, 6.45) is -4.77. The quantitative estimate of drug-likeness (QED) is 0.755. The van der Waals surface area contributed by atoms with Gasteiger partial charge in [-0.2, -0.15) is 18.2 Å². The fourth-order valence-corrected chi connectivity index (χ4v) is 1.46. The number of alkyl halides is 3. The van der Waals surface area contributed by atoms with Gasteiger partial charge >= 0.3 is 6.18 Å². The summed E-state index contributed by atoms with van der Waals surface area (Å²) < 4.78 is 55.5. The van der Waals surface area contributed by atoms with Crippen LogP contribution in [0.1, 0.15) is 5.56 Å². The van der Waals surface area contributed by atoms with E-state index in [1.807, 2.05) is 0 Å². The summed E-state index contributed by atoms with van der Waals surface area (Å²) in [5.74, 6) is -1.75. The molecule has 1 aromatic heterocycles. The normalized spacial score (nSPS) is 11.8. The van der Waals surface area contributed by atoms with E-state index in [1.165, 1.54) is 0 Å². The molecule has 0 saturated carbocycles. The summed E-state index contributed by atoms with van der Waals surface area (Å²) in [4.78, 5) is 3.60. The Bertz CT molecular complexity index is 552. The van der Waals surface area contributed by atoms with Gasteiger partial charge in [0.15, 0.2) is 0 Å². The summed E-state index contributed by atoms with van der Waals surface area (Å²) in [7, 11) is 0. The average Bonchev–Trinajstić information content (AvgIpc) is 2.63. The molecule has 3 nitrogen and oxygen atoms in total. The topological polar surface area (TPSA) is 38.9 Å². The minimum atomic E-state index is -4.77. The van der Waals surface area contributed by atoms with Crippen LogP contribution in [0.25, 0.3) is 11.5 Å². The standard InChI is InChI=1S/C9H3BrF4N2O/c10-8-15-7(17-16-8)4-2-1-3-5(6(4)11)9(12,13)14/h1-3H. The van der Waals surface area contributed by atoms with E-state index in [4.69, 9.17) is 0 Å². The molecule has 17 heavy (non-hydrogen) atoms. The molecule has 0 radical (unpaired) electrons. The number of rotatable bonds is 1. The van der Waals surface area contributed by atoms with Gasteiger partial charge in [0, 0.05) is 0 Å². The molecule has 0 saturated heterocycles. The van der Waals surface area contributed by atoms with E-state index in [0.29, 0.717) is 6.07 Å². The van der Waals surface area contributed by atoms with Crippen molar-refractivity contribution in [3.63, 3.8) is 0 Å². The van der Waals surface area contributed by atoms with Crippen LogP contribution in [0.5, 0.6) is 0 Å². The molecule has 1 heterocycles. The van der Waals surface area contributed by atoms with Gasteiger partial charge in [-0.05, 0) is 33.2 Å². The molecule has 0 aliphatic heterocycles. The molecule has 2 rings (SSSR count). The van der Waals surface area contributed by atoms with Crippen LogP contribution in [-0.2, 0) is 6.18 Å². The highest BCUT2D eigenvalue weighted by Gasteiger charge is 2.35. The fraction of sp³-hybridized carbons (Fsp3) is 0.111. The Balaban J connectivity index is 2.57. The zero-order chi connectivity index (χ0) is 12.6. The van der Waals surface area contributed by atoms with E-state index >= 15 is 0 Å². The van der Waals surface area contributed by atoms with Crippen molar-refractivity contribution in [1.82, 2.24) is 10.1 Å². The third kappa shape index (κ3) is 2.31.